The molecular formula is C18H20Cl2N2O4S. The van der Waals surface area contributed by atoms with E-state index in [1.54, 1.807) is 20.2 Å². The van der Waals surface area contributed by atoms with Crippen molar-refractivity contribution in [2.45, 2.75) is 6.54 Å². The normalized spacial score (nSPS) is 11.1. The molecule has 2 aromatic rings. The highest BCUT2D eigenvalue weighted by Gasteiger charge is 2.25. The number of likely N-dealkylation sites (N-methyl/N-ethyl adjacent to an activating group) is 1. The second-order valence-corrected chi connectivity index (χ2v) is 8.68. The number of carbonyl (C=O) groups excluding carboxylic acids is 1. The minimum Gasteiger partial charge on any atom is -0.496 e. The topological polar surface area (TPSA) is 66.9 Å². The molecule has 9 heteroatoms. The van der Waals surface area contributed by atoms with E-state index in [1.165, 1.54) is 23.1 Å². The lowest BCUT2D eigenvalue weighted by Gasteiger charge is -2.26. The highest BCUT2D eigenvalue weighted by molar-refractivity contribution is 7.92. The molecule has 0 aromatic heterocycles. The molecule has 2 rings (SSSR count). The molecule has 146 valence electrons. The van der Waals surface area contributed by atoms with E-state index in [0.717, 1.165) is 16.1 Å². The van der Waals surface area contributed by atoms with Crippen molar-refractivity contribution >= 4 is 44.8 Å². The van der Waals surface area contributed by atoms with E-state index in [0.29, 0.717) is 10.8 Å². The number of rotatable bonds is 7. The maximum absolute atomic E-state index is 12.7. The van der Waals surface area contributed by atoms with Crippen LogP contribution in [0.1, 0.15) is 5.56 Å². The fourth-order valence-corrected chi connectivity index (χ4v) is 3.91. The van der Waals surface area contributed by atoms with Crippen molar-refractivity contribution in [2.75, 3.05) is 31.3 Å². The van der Waals surface area contributed by atoms with Gasteiger partial charge >= 0.3 is 0 Å². The van der Waals surface area contributed by atoms with Gasteiger partial charge in [-0.3, -0.25) is 9.10 Å². The van der Waals surface area contributed by atoms with Gasteiger partial charge in [0.1, 0.15) is 12.3 Å². The zero-order chi connectivity index (χ0) is 20.2. The van der Waals surface area contributed by atoms with E-state index < -0.39 is 15.9 Å². The van der Waals surface area contributed by atoms with Crippen LogP contribution in [0, 0.1) is 0 Å². The summed E-state index contributed by atoms with van der Waals surface area (Å²) in [4.78, 5) is 14.1. The molecule has 0 aliphatic rings. The largest absolute Gasteiger partial charge is 0.496 e. The number of anilines is 1. The number of amides is 1. The van der Waals surface area contributed by atoms with Crippen molar-refractivity contribution in [3.63, 3.8) is 0 Å². The maximum atomic E-state index is 12.7. The first kappa shape index (κ1) is 21.3. The molecule has 0 saturated carbocycles. The van der Waals surface area contributed by atoms with Crippen LogP contribution in [0.3, 0.4) is 0 Å². The van der Waals surface area contributed by atoms with Gasteiger partial charge in [-0.25, -0.2) is 8.42 Å². The first-order valence-corrected chi connectivity index (χ1v) is 10.5. The summed E-state index contributed by atoms with van der Waals surface area (Å²) in [6, 6.07) is 11.7. The van der Waals surface area contributed by atoms with E-state index in [4.69, 9.17) is 27.9 Å². The summed E-state index contributed by atoms with van der Waals surface area (Å²) in [6.45, 7) is -0.110. The monoisotopic (exact) mass is 430 g/mol. The van der Waals surface area contributed by atoms with Gasteiger partial charge < -0.3 is 9.64 Å². The Hall–Kier alpha value is -1.96. The Labute approximate surface area is 169 Å². The standard InChI is InChI=1S/C18H20Cl2N2O4S/c1-21(11-13-6-4-5-7-17(13)26-2)18(23)12-22(27(3,24)25)16-9-8-14(19)10-15(16)20/h4-10H,11-12H2,1-3H3. The van der Waals surface area contributed by atoms with Crippen LogP contribution < -0.4 is 9.04 Å². The van der Waals surface area contributed by atoms with Crippen LogP contribution in [0.4, 0.5) is 5.69 Å². The Morgan fingerprint density at radius 1 is 1.15 bits per heavy atom. The van der Waals surface area contributed by atoms with Crippen LogP contribution in [0.15, 0.2) is 42.5 Å². The molecule has 2 aromatic carbocycles. The SMILES string of the molecule is COc1ccccc1CN(C)C(=O)CN(c1ccc(Cl)cc1Cl)S(C)(=O)=O. The summed E-state index contributed by atoms with van der Waals surface area (Å²) in [7, 11) is -0.588. The summed E-state index contributed by atoms with van der Waals surface area (Å²) in [6.07, 6.45) is 1.02. The quantitative estimate of drug-likeness (QED) is 0.674. The van der Waals surface area contributed by atoms with Crippen molar-refractivity contribution in [1.82, 2.24) is 4.90 Å². The Morgan fingerprint density at radius 2 is 1.81 bits per heavy atom. The Bertz CT molecular complexity index is 935. The molecule has 0 fully saturated rings. The fourth-order valence-electron chi connectivity index (χ4n) is 2.49. The summed E-state index contributed by atoms with van der Waals surface area (Å²) in [5.41, 5.74) is 1.01. The molecule has 0 bridgehead atoms. The predicted octanol–water partition coefficient (Wildman–Crippen LogP) is 3.43. The molecule has 0 saturated heterocycles. The van der Waals surface area contributed by atoms with Crippen LogP contribution in [-0.4, -0.2) is 46.2 Å². The Morgan fingerprint density at radius 3 is 2.41 bits per heavy atom. The molecule has 0 unspecified atom stereocenters. The lowest BCUT2D eigenvalue weighted by Crippen LogP contribution is -2.41. The minimum atomic E-state index is -3.73. The van der Waals surface area contributed by atoms with Crippen LogP contribution in [0.5, 0.6) is 5.75 Å². The van der Waals surface area contributed by atoms with Crippen LogP contribution in [0.25, 0.3) is 0 Å². The van der Waals surface area contributed by atoms with Crippen molar-refractivity contribution in [1.29, 1.82) is 0 Å². The molecule has 1 amide bonds. The third-order valence-electron chi connectivity index (χ3n) is 3.88. The second-order valence-electron chi connectivity index (χ2n) is 5.93. The average molecular weight is 431 g/mol. The first-order valence-electron chi connectivity index (χ1n) is 7.92. The molecule has 0 spiro atoms. The zero-order valence-corrected chi connectivity index (χ0v) is 17.5. The van der Waals surface area contributed by atoms with Crippen molar-refractivity contribution in [2.24, 2.45) is 0 Å². The number of methoxy groups -OCH3 is 1. The number of sulfonamides is 1. The lowest BCUT2D eigenvalue weighted by molar-refractivity contribution is -0.128. The second kappa shape index (κ2) is 8.82. The average Bonchev–Trinajstić information content (AvgIpc) is 2.59. The van der Waals surface area contributed by atoms with Gasteiger partial charge in [0.2, 0.25) is 15.9 Å². The number of carbonyl (C=O) groups is 1. The van der Waals surface area contributed by atoms with Gasteiger partial charge in [0.05, 0.1) is 24.1 Å². The van der Waals surface area contributed by atoms with Gasteiger partial charge in [-0.1, -0.05) is 41.4 Å². The number of nitrogens with zero attached hydrogens (tertiary/aromatic N) is 2. The third kappa shape index (κ3) is 5.51. The van der Waals surface area contributed by atoms with Crippen LogP contribution in [-0.2, 0) is 21.4 Å². The molecule has 6 nitrogen and oxygen atoms in total. The van der Waals surface area contributed by atoms with Gasteiger partial charge in [0.25, 0.3) is 0 Å². The van der Waals surface area contributed by atoms with Gasteiger partial charge in [0, 0.05) is 24.2 Å². The van der Waals surface area contributed by atoms with Gasteiger partial charge in [-0.05, 0) is 24.3 Å². The van der Waals surface area contributed by atoms with Crippen LogP contribution in [0.2, 0.25) is 10.0 Å². The molecule has 0 aliphatic heterocycles. The number of halogens is 2. The van der Waals surface area contributed by atoms with Gasteiger partial charge in [-0.15, -0.1) is 0 Å². The molecule has 27 heavy (non-hydrogen) atoms. The van der Waals surface area contributed by atoms with Gasteiger partial charge in [0.15, 0.2) is 0 Å². The molecule has 0 radical (unpaired) electrons. The first-order chi connectivity index (χ1) is 12.6. The maximum Gasteiger partial charge on any atom is 0.243 e. The number of para-hydroxylation sites is 1. The molecule has 0 N–H and O–H groups in total. The lowest BCUT2D eigenvalue weighted by atomic mass is 10.2. The number of hydrogen-bond acceptors (Lipinski definition) is 4. The van der Waals surface area contributed by atoms with Crippen molar-refractivity contribution in [3.05, 3.63) is 58.1 Å². The number of benzene rings is 2. The zero-order valence-electron chi connectivity index (χ0n) is 15.1. The van der Waals surface area contributed by atoms with Gasteiger partial charge in [-0.2, -0.15) is 0 Å². The highest BCUT2D eigenvalue weighted by atomic mass is 35.5. The molecule has 0 heterocycles. The molecule has 0 atom stereocenters. The molecular weight excluding hydrogens is 411 g/mol. The summed E-state index contributed by atoms with van der Waals surface area (Å²) >= 11 is 12.0. The van der Waals surface area contributed by atoms with Crippen LogP contribution >= 0.6 is 23.2 Å². The van der Waals surface area contributed by atoms with E-state index in [9.17, 15) is 13.2 Å². The van der Waals surface area contributed by atoms with E-state index >= 15 is 0 Å². The minimum absolute atomic E-state index is 0.146. The van der Waals surface area contributed by atoms with E-state index in [1.807, 2.05) is 18.2 Å². The smallest absolute Gasteiger partial charge is 0.243 e. The summed E-state index contributed by atoms with van der Waals surface area (Å²) in [5.74, 6) is 0.259. The van der Waals surface area contributed by atoms with Crippen molar-refractivity contribution in [3.8, 4) is 5.75 Å². The number of hydrogen-bond donors (Lipinski definition) is 0. The summed E-state index contributed by atoms with van der Waals surface area (Å²) < 4.78 is 30.7. The third-order valence-corrected chi connectivity index (χ3v) is 5.55. The summed E-state index contributed by atoms with van der Waals surface area (Å²) in [5, 5.41) is 0.518. The fraction of sp³-hybridized carbons (Fsp3) is 0.278. The van der Waals surface area contributed by atoms with E-state index in [-0.39, 0.29) is 23.8 Å². The predicted molar refractivity (Wildman–Crippen MR) is 108 cm³/mol. The number of ether oxygens (including phenoxy) is 1. The van der Waals surface area contributed by atoms with E-state index in [2.05, 4.69) is 0 Å². The molecule has 0 aliphatic carbocycles. The Balaban J connectivity index is 2.23. The Kier molecular flexibility index (Phi) is 6.97. The van der Waals surface area contributed by atoms with Crippen molar-refractivity contribution < 1.29 is 17.9 Å². The highest BCUT2D eigenvalue weighted by Crippen LogP contribution is 2.30.